The SMILES string of the molecule is CN=C(NCCc1cccc(Cl)c1)NCc1ccc(CN2CCC(O)CC2)cc1.I. The zero-order chi connectivity index (χ0) is 20.5. The predicted molar refractivity (Wildman–Crippen MR) is 136 cm³/mol. The molecule has 0 aromatic heterocycles. The number of hydrogen-bond donors (Lipinski definition) is 3. The van der Waals surface area contributed by atoms with Crippen molar-refractivity contribution in [3.8, 4) is 0 Å². The summed E-state index contributed by atoms with van der Waals surface area (Å²) in [5, 5.41) is 17.1. The lowest BCUT2D eigenvalue weighted by atomic mass is 10.1. The number of benzene rings is 2. The van der Waals surface area contributed by atoms with E-state index in [0.717, 1.165) is 63.0 Å². The molecule has 164 valence electrons. The van der Waals surface area contributed by atoms with Gasteiger partial charge in [0, 0.05) is 44.8 Å². The first-order valence-corrected chi connectivity index (χ1v) is 10.7. The van der Waals surface area contributed by atoms with Gasteiger partial charge in [-0.25, -0.2) is 0 Å². The van der Waals surface area contributed by atoms with Crippen LogP contribution in [0.1, 0.15) is 29.5 Å². The summed E-state index contributed by atoms with van der Waals surface area (Å²) in [6.45, 7) is 4.42. The number of hydrogen-bond acceptors (Lipinski definition) is 3. The minimum Gasteiger partial charge on any atom is -0.393 e. The molecule has 0 atom stereocenters. The molecule has 1 saturated heterocycles. The molecule has 2 aromatic rings. The van der Waals surface area contributed by atoms with Crippen LogP contribution in [0.2, 0.25) is 5.02 Å². The minimum atomic E-state index is -0.117. The minimum absolute atomic E-state index is 0. The Balaban J connectivity index is 0.00000320. The molecule has 3 N–H and O–H groups in total. The Morgan fingerprint density at radius 1 is 1.07 bits per heavy atom. The van der Waals surface area contributed by atoms with Crippen molar-refractivity contribution in [3.63, 3.8) is 0 Å². The quantitative estimate of drug-likeness (QED) is 0.283. The molecular formula is C23H32ClIN4O. The highest BCUT2D eigenvalue weighted by molar-refractivity contribution is 14.0. The Morgan fingerprint density at radius 3 is 2.43 bits per heavy atom. The summed E-state index contributed by atoms with van der Waals surface area (Å²) < 4.78 is 0. The van der Waals surface area contributed by atoms with Gasteiger partial charge in [0.05, 0.1) is 6.10 Å². The van der Waals surface area contributed by atoms with Crippen molar-refractivity contribution in [1.29, 1.82) is 0 Å². The van der Waals surface area contributed by atoms with E-state index in [0.29, 0.717) is 0 Å². The van der Waals surface area contributed by atoms with Gasteiger partial charge in [-0.15, -0.1) is 24.0 Å². The van der Waals surface area contributed by atoms with Gasteiger partial charge in [-0.05, 0) is 48.1 Å². The average Bonchev–Trinajstić information content (AvgIpc) is 2.73. The number of nitrogens with one attached hydrogen (secondary N) is 2. The third-order valence-corrected chi connectivity index (χ3v) is 5.50. The van der Waals surface area contributed by atoms with Gasteiger partial charge >= 0.3 is 0 Å². The van der Waals surface area contributed by atoms with Crippen LogP contribution in [0.15, 0.2) is 53.5 Å². The fraction of sp³-hybridized carbons (Fsp3) is 0.435. The van der Waals surface area contributed by atoms with Crippen LogP contribution in [0.5, 0.6) is 0 Å². The molecule has 0 saturated carbocycles. The molecule has 0 aliphatic carbocycles. The molecule has 1 fully saturated rings. The van der Waals surface area contributed by atoms with E-state index in [-0.39, 0.29) is 30.1 Å². The van der Waals surface area contributed by atoms with E-state index in [2.05, 4.69) is 50.9 Å². The van der Waals surface area contributed by atoms with Gasteiger partial charge in [-0.2, -0.15) is 0 Å². The number of halogens is 2. The molecule has 0 spiro atoms. The van der Waals surface area contributed by atoms with Crippen molar-refractivity contribution in [2.45, 2.75) is 38.5 Å². The monoisotopic (exact) mass is 542 g/mol. The van der Waals surface area contributed by atoms with Crippen LogP contribution in [-0.4, -0.2) is 48.8 Å². The third kappa shape index (κ3) is 8.41. The highest BCUT2D eigenvalue weighted by atomic mass is 127. The van der Waals surface area contributed by atoms with Crippen LogP contribution in [-0.2, 0) is 19.5 Å². The number of aliphatic hydroxyl groups is 1. The van der Waals surface area contributed by atoms with Gasteiger partial charge in [-0.3, -0.25) is 9.89 Å². The third-order valence-electron chi connectivity index (χ3n) is 5.26. The maximum absolute atomic E-state index is 9.62. The van der Waals surface area contributed by atoms with E-state index in [1.165, 1.54) is 16.7 Å². The molecule has 0 unspecified atom stereocenters. The number of aliphatic hydroxyl groups excluding tert-OH is 1. The van der Waals surface area contributed by atoms with E-state index in [4.69, 9.17) is 11.6 Å². The zero-order valence-corrected chi connectivity index (χ0v) is 20.6. The number of rotatable bonds is 7. The second-order valence-corrected chi connectivity index (χ2v) is 7.99. The zero-order valence-electron chi connectivity index (χ0n) is 17.5. The summed E-state index contributed by atoms with van der Waals surface area (Å²) in [7, 11) is 1.79. The lowest BCUT2D eigenvalue weighted by Crippen LogP contribution is -2.37. The van der Waals surface area contributed by atoms with Gasteiger partial charge in [0.2, 0.25) is 0 Å². The van der Waals surface area contributed by atoms with Gasteiger partial charge in [0.1, 0.15) is 0 Å². The smallest absolute Gasteiger partial charge is 0.191 e. The fourth-order valence-corrected chi connectivity index (χ4v) is 3.74. The number of likely N-dealkylation sites (tertiary alicyclic amines) is 1. The van der Waals surface area contributed by atoms with E-state index in [1.54, 1.807) is 7.05 Å². The summed E-state index contributed by atoms with van der Waals surface area (Å²) in [6.07, 6.45) is 2.54. The summed E-state index contributed by atoms with van der Waals surface area (Å²) in [5.41, 5.74) is 3.74. The summed E-state index contributed by atoms with van der Waals surface area (Å²) in [6, 6.07) is 16.7. The van der Waals surface area contributed by atoms with Gasteiger partial charge in [0.25, 0.3) is 0 Å². The molecule has 0 bridgehead atoms. The number of aliphatic imine (C=N–C) groups is 1. The summed E-state index contributed by atoms with van der Waals surface area (Å²) >= 11 is 6.03. The van der Waals surface area contributed by atoms with E-state index in [1.807, 2.05) is 18.2 Å². The Morgan fingerprint density at radius 2 is 1.77 bits per heavy atom. The number of nitrogens with zero attached hydrogens (tertiary/aromatic N) is 2. The van der Waals surface area contributed by atoms with Gasteiger partial charge < -0.3 is 15.7 Å². The van der Waals surface area contributed by atoms with Crippen LogP contribution in [0.3, 0.4) is 0 Å². The summed E-state index contributed by atoms with van der Waals surface area (Å²) in [5.74, 6) is 0.794. The van der Waals surface area contributed by atoms with E-state index in [9.17, 15) is 5.11 Å². The average molecular weight is 543 g/mol. The topological polar surface area (TPSA) is 59.9 Å². The largest absolute Gasteiger partial charge is 0.393 e. The Kier molecular flexibility index (Phi) is 10.9. The van der Waals surface area contributed by atoms with Gasteiger partial charge in [-0.1, -0.05) is 48.0 Å². The Labute approximate surface area is 201 Å². The Hall–Kier alpha value is -1.35. The van der Waals surface area contributed by atoms with Gasteiger partial charge in [0.15, 0.2) is 5.96 Å². The summed E-state index contributed by atoms with van der Waals surface area (Å²) in [4.78, 5) is 6.70. The lowest BCUT2D eigenvalue weighted by Gasteiger charge is -2.29. The maximum atomic E-state index is 9.62. The van der Waals surface area contributed by atoms with Crippen molar-refractivity contribution in [3.05, 3.63) is 70.2 Å². The molecule has 30 heavy (non-hydrogen) atoms. The van der Waals surface area contributed by atoms with Crippen LogP contribution in [0, 0.1) is 0 Å². The first-order chi connectivity index (χ1) is 14.1. The van der Waals surface area contributed by atoms with Crippen molar-refractivity contribution in [1.82, 2.24) is 15.5 Å². The number of piperidine rings is 1. The molecule has 1 aliphatic heterocycles. The lowest BCUT2D eigenvalue weighted by molar-refractivity contribution is 0.0792. The maximum Gasteiger partial charge on any atom is 0.191 e. The standard InChI is InChI=1S/C23H31ClN4O.HI/c1-25-23(26-12-9-18-3-2-4-21(24)15-18)27-16-19-5-7-20(8-6-19)17-28-13-10-22(29)11-14-28;/h2-8,15,22,29H,9-14,16-17H2,1H3,(H2,25,26,27);1H. The highest BCUT2D eigenvalue weighted by Gasteiger charge is 2.16. The first-order valence-electron chi connectivity index (χ1n) is 10.3. The predicted octanol–water partition coefficient (Wildman–Crippen LogP) is 3.82. The van der Waals surface area contributed by atoms with Crippen LogP contribution < -0.4 is 10.6 Å². The van der Waals surface area contributed by atoms with Crippen LogP contribution in [0.25, 0.3) is 0 Å². The Bertz CT molecular complexity index is 792. The molecule has 5 nitrogen and oxygen atoms in total. The first kappa shape index (κ1) is 24.9. The molecule has 0 radical (unpaired) electrons. The van der Waals surface area contributed by atoms with Crippen molar-refractivity contribution >= 4 is 41.5 Å². The molecule has 1 aliphatic rings. The molecule has 2 aromatic carbocycles. The molecule has 7 heteroatoms. The second-order valence-electron chi connectivity index (χ2n) is 7.56. The molecule has 0 amide bonds. The van der Waals surface area contributed by atoms with E-state index >= 15 is 0 Å². The second kappa shape index (κ2) is 13.1. The molecule has 3 rings (SSSR count). The van der Waals surface area contributed by atoms with Crippen LogP contribution >= 0.6 is 35.6 Å². The van der Waals surface area contributed by atoms with Crippen molar-refractivity contribution in [2.24, 2.45) is 4.99 Å². The van der Waals surface area contributed by atoms with Crippen molar-refractivity contribution < 1.29 is 5.11 Å². The van der Waals surface area contributed by atoms with Crippen LogP contribution in [0.4, 0.5) is 0 Å². The van der Waals surface area contributed by atoms with E-state index < -0.39 is 0 Å². The van der Waals surface area contributed by atoms with Crippen molar-refractivity contribution in [2.75, 3.05) is 26.7 Å². The normalized spacial score (nSPS) is 15.5. The molecular weight excluding hydrogens is 511 g/mol. The fourth-order valence-electron chi connectivity index (χ4n) is 3.52. The molecule has 1 heterocycles. The highest BCUT2D eigenvalue weighted by Crippen LogP contribution is 2.14. The number of guanidine groups is 1.